The van der Waals surface area contributed by atoms with E-state index in [1.165, 1.54) is 0 Å². The number of carbonyl (C=O) groups is 1. The standard InChI is InChI=1S/C15H17NOS/c1-2-9-18-11-14(17)10-13-8-7-12-5-3-4-6-15(12)16-13/h3-8H,2,9-11H2,1H3. The zero-order valence-electron chi connectivity index (χ0n) is 10.6. The van der Waals surface area contributed by atoms with E-state index < -0.39 is 0 Å². The van der Waals surface area contributed by atoms with Crippen LogP contribution in [-0.2, 0) is 11.2 Å². The maximum absolute atomic E-state index is 11.8. The van der Waals surface area contributed by atoms with Gasteiger partial charge in [0.05, 0.1) is 11.3 Å². The highest BCUT2D eigenvalue weighted by molar-refractivity contribution is 7.99. The topological polar surface area (TPSA) is 30.0 Å². The Hall–Kier alpha value is -1.35. The lowest BCUT2D eigenvalue weighted by atomic mass is 10.1. The van der Waals surface area contributed by atoms with Crippen molar-refractivity contribution in [3.8, 4) is 0 Å². The number of Topliss-reactive ketones (excluding diaryl/α,β-unsaturated/α-hetero) is 1. The molecule has 0 spiro atoms. The number of hydrogen-bond acceptors (Lipinski definition) is 3. The number of carbonyl (C=O) groups excluding carboxylic acids is 1. The normalized spacial score (nSPS) is 10.7. The minimum atomic E-state index is 0.260. The first kappa shape index (κ1) is 13.1. The Morgan fingerprint density at radius 1 is 1.22 bits per heavy atom. The Labute approximate surface area is 112 Å². The van der Waals surface area contributed by atoms with Gasteiger partial charge < -0.3 is 0 Å². The van der Waals surface area contributed by atoms with Gasteiger partial charge in [0.2, 0.25) is 0 Å². The summed E-state index contributed by atoms with van der Waals surface area (Å²) >= 11 is 1.71. The molecule has 2 nitrogen and oxygen atoms in total. The van der Waals surface area contributed by atoms with Gasteiger partial charge in [-0.25, -0.2) is 0 Å². The number of benzene rings is 1. The van der Waals surface area contributed by atoms with E-state index in [1.807, 2.05) is 36.4 Å². The van der Waals surface area contributed by atoms with Crippen LogP contribution in [0.15, 0.2) is 36.4 Å². The van der Waals surface area contributed by atoms with Crippen molar-refractivity contribution in [1.82, 2.24) is 4.98 Å². The quantitative estimate of drug-likeness (QED) is 0.744. The van der Waals surface area contributed by atoms with Crippen LogP contribution in [0.5, 0.6) is 0 Å². The molecule has 0 unspecified atom stereocenters. The van der Waals surface area contributed by atoms with Gasteiger partial charge in [0.15, 0.2) is 0 Å². The average Bonchev–Trinajstić information content (AvgIpc) is 2.39. The van der Waals surface area contributed by atoms with E-state index >= 15 is 0 Å². The van der Waals surface area contributed by atoms with Crippen LogP contribution in [0.25, 0.3) is 10.9 Å². The maximum Gasteiger partial charge on any atom is 0.148 e. The van der Waals surface area contributed by atoms with Crippen LogP contribution in [-0.4, -0.2) is 22.3 Å². The molecule has 0 saturated heterocycles. The summed E-state index contributed by atoms with van der Waals surface area (Å²) in [6, 6.07) is 12.0. The van der Waals surface area contributed by atoms with Crippen molar-refractivity contribution >= 4 is 28.4 Å². The van der Waals surface area contributed by atoms with E-state index in [4.69, 9.17) is 0 Å². The Bertz CT molecular complexity index is 539. The van der Waals surface area contributed by atoms with Crippen LogP contribution in [0.2, 0.25) is 0 Å². The fourth-order valence-electron chi connectivity index (χ4n) is 1.79. The Kier molecular flexibility index (Phi) is 4.76. The molecule has 1 aromatic heterocycles. The van der Waals surface area contributed by atoms with Gasteiger partial charge in [-0.2, -0.15) is 11.8 Å². The summed E-state index contributed by atoms with van der Waals surface area (Å²) in [7, 11) is 0. The number of aromatic nitrogens is 1. The maximum atomic E-state index is 11.8. The third-order valence-electron chi connectivity index (χ3n) is 2.65. The highest BCUT2D eigenvalue weighted by Gasteiger charge is 2.05. The number of fused-ring (bicyclic) bond motifs is 1. The third kappa shape index (κ3) is 3.57. The van der Waals surface area contributed by atoms with Crippen molar-refractivity contribution in [3.05, 3.63) is 42.1 Å². The van der Waals surface area contributed by atoms with Crippen molar-refractivity contribution in [3.63, 3.8) is 0 Å². The van der Waals surface area contributed by atoms with Crippen LogP contribution in [0.1, 0.15) is 19.0 Å². The van der Waals surface area contributed by atoms with E-state index in [2.05, 4.69) is 11.9 Å². The molecular weight excluding hydrogens is 242 g/mol. The summed E-state index contributed by atoms with van der Waals surface area (Å²) in [4.78, 5) is 16.3. The van der Waals surface area contributed by atoms with Crippen molar-refractivity contribution < 1.29 is 4.79 Å². The summed E-state index contributed by atoms with van der Waals surface area (Å²) in [5, 5.41) is 1.12. The molecule has 0 N–H and O–H groups in total. The number of ketones is 1. The molecule has 0 aliphatic carbocycles. The van der Waals surface area contributed by atoms with Crippen molar-refractivity contribution in [2.75, 3.05) is 11.5 Å². The van der Waals surface area contributed by atoms with E-state index in [9.17, 15) is 4.79 Å². The predicted octanol–water partition coefficient (Wildman–Crippen LogP) is 3.49. The molecule has 1 aromatic carbocycles. The number of hydrogen-bond donors (Lipinski definition) is 0. The molecule has 0 fully saturated rings. The highest BCUT2D eigenvalue weighted by atomic mass is 32.2. The van der Waals surface area contributed by atoms with Gasteiger partial charge >= 0.3 is 0 Å². The molecule has 0 atom stereocenters. The lowest BCUT2D eigenvalue weighted by Crippen LogP contribution is -2.07. The predicted molar refractivity (Wildman–Crippen MR) is 78.1 cm³/mol. The highest BCUT2D eigenvalue weighted by Crippen LogP contribution is 2.13. The molecule has 2 rings (SSSR count). The number of rotatable bonds is 6. The van der Waals surface area contributed by atoms with Gasteiger partial charge in [0, 0.05) is 17.5 Å². The summed E-state index contributed by atoms with van der Waals surface area (Å²) in [6.07, 6.45) is 1.56. The van der Waals surface area contributed by atoms with Gasteiger partial charge in [-0.15, -0.1) is 0 Å². The Morgan fingerprint density at radius 2 is 2.06 bits per heavy atom. The van der Waals surface area contributed by atoms with Crippen LogP contribution in [0.3, 0.4) is 0 Å². The Balaban J connectivity index is 2.01. The molecule has 94 valence electrons. The smallest absolute Gasteiger partial charge is 0.148 e. The fraction of sp³-hybridized carbons (Fsp3) is 0.333. The van der Waals surface area contributed by atoms with Crippen molar-refractivity contribution in [1.29, 1.82) is 0 Å². The van der Waals surface area contributed by atoms with Crippen LogP contribution in [0, 0.1) is 0 Å². The second-order valence-electron chi connectivity index (χ2n) is 4.26. The monoisotopic (exact) mass is 259 g/mol. The second kappa shape index (κ2) is 6.55. The first-order chi connectivity index (χ1) is 8.79. The zero-order valence-corrected chi connectivity index (χ0v) is 11.4. The SMILES string of the molecule is CCCSCC(=O)Cc1ccc2ccccc2n1. The van der Waals surface area contributed by atoms with Gasteiger partial charge in [-0.3, -0.25) is 9.78 Å². The summed E-state index contributed by atoms with van der Waals surface area (Å²) in [5.74, 6) is 1.91. The van der Waals surface area contributed by atoms with E-state index in [-0.39, 0.29) is 5.78 Å². The average molecular weight is 259 g/mol. The van der Waals surface area contributed by atoms with Gasteiger partial charge in [-0.05, 0) is 24.3 Å². The van der Waals surface area contributed by atoms with Crippen LogP contribution < -0.4 is 0 Å². The van der Waals surface area contributed by atoms with Crippen molar-refractivity contribution in [2.45, 2.75) is 19.8 Å². The van der Waals surface area contributed by atoms with E-state index in [0.717, 1.165) is 28.8 Å². The molecule has 0 amide bonds. The lowest BCUT2D eigenvalue weighted by molar-refractivity contribution is -0.116. The second-order valence-corrected chi connectivity index (χ2v) is 5.37. The summed E-state index contributed by atoms with van der Waals surface area (Å²) < 4.78 is 0. The van der Waals surface area contributed by atoms with Gasteiger partial charge in [0.25, 0.3) is 0 Å². The fourth-order valence-corrected chi connectivity index (χ4v) is 2.55. The molecule has 1 heterocycles. The molecule has 0 aliphatic heterocycles. The Morgan fingerprint density at radius 3 is 2.89 bits per heavy atom. The molecular formula is C15H17NOS. The van der Waals surface area contributed by atoms with Crippen molar-refractivity contribution in [2.24, 2.45) is 0 Å². The number of nitrogens with zero attached hydrogens (tertiary/aromatic N) is 1. The summed E-state index contributed by atoms with van der Waals surface area (Å²) in [5.41, 5.74) is 1.83. The van der Waals surface area contributed by atoms with E-state index in [1.54, 1.807) is 11.8 Å². The largest absolute Gasteiger partial charge is 0.298 e. The number of para-hydroxylation sites is 1. The number of thioether (sulfide) groups is 1. The minimum absolute atomic E-state index is 0.260. The molecule has 0 saturated carbocycles. The first-order valence-corrected chi connectivity index (χ1v) is 7.39. The molecule has 2 aromatic rings. The third-order valence-corrected chi connectivity index (χ3v) is 3.87. The molecule has 18 heavy (non-hydrogen) atoms. The lowest BCUT2D eigenvalue weighted by Gasteiger charge is -2.02. The summed E-state index contributed by atoms with van der Waals surface area (Å²) in [6.45, 7) is 2.13. The van der Waals surface area contributed by atoms with E-state index in [0.29, 0.717) is 12.2 Å². The molecule has 3 heteroatoms. The van der Waals surface area contributed by atoms with Gasteiger partial charge in [0.1, 0.15) is 5.78 Å². The molecule has 0 bridgehead atoms. The van der Waals surface area contributed by atoms with Crippen LogP contribution >= 0.6 is 11.8 Å². The van der Waals surface area contributed by atoms with Crippen LogP contribution in [0.4, 0.5) is 0 Å². The van der Waals surface area contributed by atoms with Gasteiger partial charge in [-0.1, -0.05) is 31.2 Å². The minimum Gasteiger partial charge on any atom is -0.298 e. The zero-order chi connectivity index (χ0) is 12.8. The number of pyridine rings is 1. The first-order valence-electron chi connectivity index (χ1n) is 6.23. The molecule has 0 radical (unpaired) electrons. The molecule has 0 aliphatic rings.